The molecule has 1 aliphatic carbocycles. The molecule has 0 bridgehead atoms. The maximum atomic E-state index is 13.3. The lowest BCUT2D eigenvalue weighted by atomic mass is 9.98. The van der Waals surface area contributed by atoms with Gasteiger partial charge in [-0.15, -0.1) is 0 Å². The van der Waals surface area contributed by atoms with Gasteiger partial charge in [0.25, 0.3) is 0 Å². The summed E-state index contributed by atoms with van der Waals surface area (Å²) in [7, 11) is 1.77. The molecule has 1 fully saturated rings. The zero-order chi connectivity index (χ0) is 22.3. The number of fused-ring (bicyclic) bond motifs is 1. The summed E-state index contributed by atoms with van der Waals surface area (Å²) in [6.45, 7) is 1.69. The van der Waals surface area contributed by atoms with E-state index in [9.17, 15) is 13.2 Å². The first-order chi connectivity index (χ1) is 14.6. The molecule has 3 aromatic rings. The number of rotatable bonds is 4. The molecular formula is C24H24Cl2F3NO. The van der Waals surface area contributed by atoms with Crippen molar-refractivity contribution in [1.82, 2.24) is 4.57 Å². The Morgan fingerprint density at radius 2 is 1.77 bits per heavy atom. The quantitative estimate of drug-likeness (QED) is 0.376. The Labute approximate surface area is 189 Å². The van der Waals surface area contributed by atoms with Crippen molar-refractivity contribution in [2.75, 3.05) is 0 Å². The van der Waals surface area contributed by atoms with Crippen LogP contribution in [0.2, 0.25) is 10.0 Å². The standard InChI is InChI=1S/C24H24Cl2F3NO/c1-14-10-15(24(27,28)29)11-21-18(14)12-16(30(21)2)13-19-20(25)8-9-22(23(19)26)31-17-6-4-3-5-7-17/h8-12,17H,3-7,13H2,1-2H3. The lowest BCUT2D eigenvalue weighted by Gasteiger charge is -2.24. The van der Waals surface area contributed by atoms with Gasteiger partial charge in [0, 0.05) is 35.1 Å². The van der Waals surface area contributed by atoms with Crippen molar-refractivity contribution in [3.63, 3.8) is 0 Å². The summed E-state index contributed by atoms with van der Waals surface area (Å²) in [4.78, 5) is 0. The van der Waals surface area contributed by atoms with Crippen LogP contribution in [0.1, 0.15) is 54.5 Å². The van der Waals surface area contributed by atoms with Crippen molar-refractivity contribution < 1.29 is 17.9 Å². The summed E-state index contributed by atoms with van der Waals surface area (Å²) >= 11 is 13.1. The molecule has 166 valence electrons. The monoisotopic (exact) mass is 469 g/mol. The van der Waals surface area contributed by atoms with Crippen molar-refractivity contribution in [3.05, 3.63) is 62.8 Å². The lowest BCUT2D eigenvalue weighted by Crippen LogP contribution is -2.20. The second kappa shape index (κ2) is 8.59. The molecule has 1 aliphatic rings. The topological polar surface area (TPSA) is 14.2 Å². The molecule has 1 saturated carbocycles. The SMILES string of the molecule is Cc1cc(C(F)(F)F)cc2c1cc(Cc1c(Cl)ccc(OC3CCCCC3)c1Cl)n2C. The van der Waals surface area contributed by atoms with E-state index in [1.165, 1.54) is 18.6 Å². The van der Waals surface area contributed by atoms with Crippen molar-refractivity contribution in [2.24, 2.45) is 7.05 Å². The molecule has 1 aromatic heterocycles. The molecule has 2 aromatic carbocycles. The van der Waals surface area contributed by atoms with Crippen molar-refractivity contribution >= 4 is 34.1 Å². The second-order valence-electron chi connectivity index (χ2n) is 8.31. The van der Waals surface area contributed by atoms with Crippen LogP contribution in [0.25, 0.3) is 10.9 Å². The molecule has 0 spiro atoms. The van der Waals surface area contributed by atoms with Gasteiger partial charge in [-0.3, -0.25) is 0 Å². The largest absolute Gasteiger partial charge is 0.489 e. The van der Waals surface area contributed by atoms with Gasteiger partial charge in [0.05, 0.1) is 16.7 Å². The van der Waals surface area contributed by atoms with E-state index >= 15 is 0 Å². The summed E-state index contributed by atoms with van der Waals surface area (Å²) in [5.74, 6) is 0.613. The molecule has 2 nitrogen and oxygen atoms in total. The van der Waals surface area contributed by atoms with Crippen LogP contribution in [-0.2, 0) is 19.6 Å². The summed E-state index contributed by atoms with van der Waals surface area (Å²) < 4.78 is 47.7. The van der Waals surface area contributed by atoms with Gasteiger partial charge in [-0.05, 0) is 74.1 Å². The molecule has 7 heteroatoms. The van der Waals surface area contributed by atoms with Gasteiger partial charge in [-0.1, -0.05) is 29.6 Å². The fourth-order valence-electron chi connectivity index (χ4n) is 4.37. The number of benzene rings is 2. The Bertz CT molecular complexity index is 1110. The van der Waals surface area contributed by atoms with Crippen LogP contribution in [0.5, 0.6) is 5.75 Å². The van der Waals surface area contributed by atoms with Crippen LogP contribution in [-0.4, -0.2) is 10.7 Å². The van der Waals surface area contributed by atoms with Crippen molar-refractivity contribution in [1.29, 1.82) is 0 Å². The molecule has 1 heterocycles. The highest BCUT2D eigenvalue weighted by atomic mass is 35.5. The van der Waals surface area contributed by atoms with Crippen LogP contribution in [0.3, 0.4) is 0 Å². The molecule has 0 atom stereocenters. The zero-order valence-electron chi connectivity index (χ0n) is 17.5. The van der Waals surface area contributed by atoms with Gasteiger partial charge in [-0.25, -0.2) is 0 Å². The third kappa shape index (κ3) is 4.54. The Balaban J connectivity index is 1.69. The van der Waals surface area contributed by atoms with E-state index in [1.54, 1.807) is 30.7 Å². The first-order valence-electron chi connectivity index (χ1n) is 10.4. The minimum Gasteiger partial charge on any atom is -0.489 e. The minimum atomic E-state index is -4.39. The van der Waals surface area contributed by atoms with E-state index in [0.717, 1.165) is 42.3 Å². The molecule has 0 saturated heterocycles. The van der Waals surface area contributed by atoms with Gasteiger partial charge in [0.1, 0.15) is 5.75 Å². The van der Waals surface area contributed by atoms with Gasteiger partial charge >= 0.3 is 6.18 Å². The highest BCUT2D eigenvalue weighted by molar-refractivity contribution is 6.37. The number of aromatic nitrogens is 1. The van der Waals surface area contributed by atoms with Gasteiger partial charge in [0.2, 0.25) is 0 Å². The minimum absolute atomic E-state index is 0.154. The maximum Gasteiger partial charge on any atom is 0.416 e. The molecule has 0 radical (unpaired) electrons. The number of nitrogens with zero attached hydrogens (tertiary/aromatic N) is 1. The number of hydrogen-bond acceptors (Lipinski definition) is 1. The van der Waals surface area contributed by atoms with Gasteiger partial charge in [0.15, 0.2) is 0 Å². The fraction of sp³-hybridized carbons (Fsp3) is 0.417. The predicted octanol–water partition coefficient (Wildman–Crippen LogP) is 8.11. The van der Waals surface area contributed by atoms with Crippen molar-refractivity contribution in [2.45, 2.75) is 57.7 Å². The van der Waals surface area contributed by atoms with E-state index in [2.05, 4.69) is 0 Å². The Kier molecular flexibility index (Phi) is 6.19. The number of hydrogen-bond donors (Lipinski definition) is 0. The number of halogens is 5. The second-order valence-corrected chi connectivity index (χ2v) is 9.10. The van der Waals surface area contributed by atoms with Gasteiger partial charge < -0.3 is 9.30 Å². The third-order valence-electron chi connectivity index (χ3n) is 6.15. The average Bonchev–Trinajstić information content (AvgIpc) is 3.04. The highest BCUT2D eigenvalue weighted by Gasteiger charge is 2.31. The molecule has 0 amide bonds. The molecule has 0 aliphatic heterocycles. The lowest BCUT2D eigenvalue weighted by molar-refractivity contribution is -0.137. The van der Waals surface area contributed by atoms with E-state index in [-0.39, 0.29) is 6.10 Å². The first-order valence-corrected chi connectivity index (χ1v) is 11.2. The number of aryl methyl sites for hydroxylation is 2. The molecule has 0 N–H and O–H groups in total. The van der Waals surface area contributed by atoms with Crippen LogP contribution < -0.4 is 4.74 Å². The van der Waals surface area contributed by atoms with Crippen LogP contribution in [0.4, 0.5) is 13.2 Å². The highest BCUT2D eigenvalue weighted by Crippen LogP contribution is 2.38. The van der Waals surface area contributed by atoms with E-state index in [4.69, 9.17) is 27.9 Å². The Morgan fingerprint density at radius 3 is 2.45 bits per heavy atom. The van der Waals surface area contributed by atoms with Crippen LogP contribution in [0, 0.1) is 6.92 Å². The van der Waals surface area contributed by atoms with E-state index < -0.39 is 11.7 Å². The van der Waals surface area contributed by atoms with E-state index in [1.807, 2.05) is 6.07 Å². The van der Waals surface area contributed by atoms with E-state index in [0.29, 0.717) is 33.3 Å². The summed E-state index contributed by atoms with van der Waals surface area (Å²) in [5, 5.41) is 1.77. The molecule has 0 unspecified atom stereocenters. The molecule has 31 heavy (non-hydrogen) atoms. The summed E-state index contributed by atoms with van der Waals surface area (Å²) in [5.41, 5.74) is 2.01. The number of ether oxygens (including phenoxy) is 1. The summed E-state index contributed by atoms with van der Waals surface area (Å²) in [6.07, 6.45) is 1.72. The maximum absolute atomic E-state index is 13.3. The molecule has 4 rings (SSSR count). The normalized spacial score (nSPS) is 15.6. The zero-order valence-corrected chi connectivity index (χ0v) is 19.0. The number of alkyl halides is 3. The Morgan fingerprint density at radius 1 is 1.06 bits per heavy atom. The van der Waals surface area contributed by atoms with Crippen LogP contribution in [0.15, 0.2) is 30.3 Å². The average molecular weight is 470 g/mol. The molecular weight excluding hydrogens is 446 g/mol. The predicted molar refractivity (Wildman–Crippen MR) is 119 cm³/mol. The van der Waals surface area contributed by atoms with Gasteiger partial charge in [-0.2, -0.15) is 13.2 Å². The fourth-order valence-corrected chi connectivity index (χ4v) is 4.92. The Hall–Kier alpha value is -1.85. The van der Waals surface area contributed by atoms with Crippen LogP contribution >= 0.6 is 23.2 Å². The smallest absolute Gasteiger partial charge is 0.416 e. The first kappa shape index (κ1) is 22.3. The van der Waals surface area contributed by atoms with Crippen molar-refractivity contribution in [3.8, 4) is 5.75 Å². The third-order valence-corrected chi connectivity index (χ3v) is 6.92. The summed E-state index contributed by atoms with van der Waals surface area (Å²) in [6, 6.07) is 7.86.